The quantitative estimate of drug-likeness (QED) is 0.771. The molecule has 1 aromatic heterocycles. The molecular formula is C7H10N2S2. The summed E-state index contributed by atoms with van der Waals surface area (Å²) in [6.45, 7) is 0.947. The zero-order valence-corrected chi connectivity index (χ0v) is 7.75. The Morgan fingerprint density at radius 2 is 2.55 bits per heavy atom. The third-order valence-corrected chi connectivity index (χ3v) is 3.72. The maximum atomic E-state index is 4.20. The van der Waals surface area contributed by atoms with Gasteiger partial charge in [-0.1, -0.05) is 0 Å². The van der Waals surface area contributed by atoms with Gasteiger partial charge >= 0.3 is 0 Å². The summed E-state index contributed by atoms with van der Waals surface area (Å²) in [5.74, 6) is 2.54. The molecule has 0 amide bonds. The number of nitrogens with zero attached hydrogens (tertiary/aromatic N) is 1. The molecule has 0 atom stereocenters. The van der Waals surface area contributed by atoms with Gasteiger partial charge in [-0.3, -0.25) is 0 Å². The Bertz CT molecular complexity index is 206. The molecule has 1 N–H and O–H groups in total. The average molecular weight is 186 g/mol. The van der Waals surface area contributed by atoms with Gasteiger partial charge in [0.05, 0.1) is 0 Å². The zero-order chi connectivity index (χ0) is 7.52. The van der Waals surface area contributed by atoms with Gasteiger partial charge in [0, 0.05) is 35.7 Å². The number of rotatable bonds is 3. The summed E-state index contributed by atoms with van der Waals surface area (Å²) in [5, 5.41) is 6.67. The molecule has 4 heteroatoms. The molecule has 2 rings (SSSR count). The van der Waals surface area contributed by atoms with Crippen molar-refractivity contribution in [1.82, 2.24) is 10.3 Å². The number of thiazole rings is 1. The summed E-state index contributed by atoms with van der Waals surface area (Å²) < 4.78 is 0. The lowest BCUT2D eigenvalue weighted by Gasteiger charge is -2.25. The Kier molecular flexibility index (Phi) is 2.45. The first-order valence-corrected chi connectivity index (χ1v) is 5.68. The van der Waals surface area contributed by atoms with E-state index in [-0.39, 0.29) is 0 Å². The first kappa shape index (κ1) is 7.58. The second kappa shape index (κ2) is 3.56. The van der Waals surface area contributed by atoms with Crippen LogP contribution in [0.1, 0.15) is 5.01 Å². The van der Waals surface area contributed by atoms with E-state index in [0.717, 1.165) is 12.6 Å². The molecule has 2 nitrogen and oxygen atoms in total. The Hall–Kier alpha value is -0.0600. The zero-order valence-electron chi connectivity index (χ0n) is 6.12. The van der Waals surface area contributed by atoms with Crippen LogP contribution in [0.15, 0.2) is 11.6 Å². The molecule has 1 saturated heterocycles. The van der Waals surface area contributed by atoms with Crippen LogP contribution < -0.4 is 5.32 Å². The molecule has 0 aliphatic carbocycles. The van der Waals surface area contributed by atoms with Crippen molar-refractivity contribution in [3.8, 4) is 0 Å². The molecule has 1 fully saturated rings. The largest absolute Gasteiger partial charge is 0.306 e. The van der Waals surface area contributed by atoms with Crippen molar-refractivity contribution in [2.75, 3.05) is 11.5 Å². The molecule has 0 bridgehead atoms. The maximum absolute atomic E-state index is 4.20. The first-order valence-electron chi connectivity index (χ1n) is 3.64. The van der Waals surface area contributed by atoms with Crippen molar-refractivity contribution in [2.45, 2.75) is 12.6 Å². The van der Waals surface area contributed by atoms with Crippen LogP contribution in [0.4, 0.5) is 0 Å². The Labute approximate surface area is 74.4 Å². The predicted molar refractivity (Wildman–Crippen MR) is 50.1 cm³/mol. The van der Waals surface area contributed by atoms with Crippen LogP contribution >= 0.6 is 23.1 Å². The number of aromatic nitrogens is 1. The molecule has 0 unspecified atom stereocenters. The van der Waals surface area contributed by atoms with Crippen LogP contribution in [0.2, 0.25) is 0 Å². The topological polar surface area (TPSA) is 24.9 Å². The van der Waals surface area contributed by atoms with Crippen LogP contribution in [0, 0.1) is 0 Å². The smallest absolute Gasteiger partial charge is 0.106 e. The summed E-state index contributed by atoms with van der Waals surface area (Å²) in [6, 6.07) is 0.740. The highest BCUT2D eigenvalue weighted by atomic mass is 32.2. The van der Waals surface area contributed by atoms with Gasteiger partial charge in [-0.05, 0) is 0 Å². The van der Waals surface area contributed by atoms with E-state index in [9.17, 15) is 0 Å². The average Bonchev–Trinajstić information content (AvgIpc) is 2.36. The van der Waals surface area contributed by atoms with Crippen LogP contribution in [0.5, 0.6) is 0 Å². The standard InChI is InChI=1S/C7H10N2S2/c1-2-11-7(8-1)3-9-6-4-10-5-6/h1-2,6,9H,3-5H2. The fourth-order valence-electron chi connectivity index (χ4n) is 0.925. The van der Waals surface area contributed by atoms with E-state index in [4.69, 9.17) is 0 Å². The minimum atomic E-state index is 0.740. The minimum absolute atomic E-state index is 0.740. The molecule has 1 aliphatic rings. The fraction of sp³-hybridized carbons (Fsp3) is 0.571. The van der Waals surface area contributed by atoms with E-state index in [2.05, 4.69) is 10.3 Å². The SMILES string of the molecule is c1csc(CNC2CSC2)n1. The monoisotopic (exact) mass is 186 g/mol. The maximum Gasteiger partial charge on any atom is 0.106 e. The van der Waals surface area contributed by atoms with Gasteiger partial charge in [0.2, 0.25) is 0 Å². The Morgan fingerprint density at radius 3 is 3.09 bits per heavy atom. The highest BCUT2D eigenvalue weighted by Gasteiger charge is 2.16. The molecular weight excluding hydrogens is 176 g/mol. The minimum Gasteiger partial charge on any atom is -0.306 e. The van der Waals surface area contributed by atoms with E-state index < -0.39 is 0 Å². The van der Waals surface area contributed by atoms with Gasteiger partial charge in [-0.15, -0.1) is 11.3 Å². The fourth-order valence-corrected chi connectivity index (χ4v) is 2.20. The van der Waals surface area contributed by atoms with E-state index in [0.29, 0.717) is 0 Å². The van der Waals surface area contributed by atoms with Crippen LogP contribution in [0.25, 0.3) is 0 Å². The van der Waals surface area contributed by atoms with Crippen molar-refractivity contribution in [2.24, 2.45) is 0 Å². The molecule has 0 aromatic carbocycles. The molecule has 60 valence electrons. The second-order valence-corrected chi connectivity index (χ2v) is 4.60. The van der Waals surface area contributed by atoms with Gasteiger partial charge in [-0.25, -0.2) is 4.98 Å². The van der Waals surface area contributed by atoms with E-state index >= 15 is 0 Å². The summed E-state index contributed by atoms with van der Waals surface area (Å²) >= 11 is 3.72. The Morgan fingerprint density at radius 1 is 1.64 bits per heavy atom. The lowest BCUT2D eigenvalue weighted by Crippen LogP contribution is -2.39. The van der Waals surface area contributed by atoms with Crippen LogP contribution in [-0.4, -0.2) is 22.5 Å². The van der Waals surface area contributed by atoms with Gasteiger partial charge in [-0.2, -0.15) is 11.8 Å². The molecule has 1 aliphatic heterocycles. The van der Waals surface area contributed by atoms with E-state index in [1.54, 1.807) is 11.3 Å². The van der Waals surface area contributed by atoms with Gasteiger partial charge in [0.15, 0.2) is 0 Å². The van der Waals surface area contributed by atoms with Crippen molar-refractivity contribution >= 4 is 23.1 Å². The molecule has 2 heterocycles. The number of thioether (sulfide) groups is 1. The van der Waals surface area contributed by atoms with E-state index in [1.807, 2.05) is 23.3 Å². The van der Waals surface area contributed by atoms with E-state index in [1.165, 1.54) is 16.5 Å². The van der Waals surface area contributed by atoms with Crippen molar-refractivity contribution in [1.29, 1.82) is 0 Å². The summed E-state index contributed by atoms with van der Waals surface area (Å²) in [4.78, 5) is 4.20. The molecule has 0 saturated carbocycles. The molecule has 1 aromatic rings. The highest BCUT2D eigenvalue weighted by Crippen LogP contribution is 2.17. The third-order valence-electron chi connectivity index (χ3n) is 1.66. The predicted octanol–water partition coefficient (Wildman–Crippen LogP) is 1.35. The summed E-state index contributed by atoms with van der Waals surface area (Å²) in [7, 11) is 0. The normalized spacial score (nSPS) is 18.2. The van der Waals surface area contributed by atoms with Crippen LogP contribution in [-0.2, 0) is 6.54 Å². The molecule has 0 radical (unpaired) electrons. The first-order chi connectivity index (χ1) is 5.45. The third kappa shape index (κ3) is 1.95. The summed E-state index contributed by atoms with van der Waals surface area (Å²) in [6.07, 6.45) is 1.86. The number of nitrogens with one attached hydrogen (secondary N) is 1. The van der Waals surface area contributed by atoms with Crippen molar-refractivity contribution in [3.63, 3.8) is 0 Å². The lowest BCUT2D eigenvalue weighted by molar-refractivity contribution is 0.581. The summed E-state index contributed by atoms with van der Waals surface area (Å²) in [5.41, 5.74) is 0. The second-order valence-electron chi connectivity index (χ2n) is 2.54. The van der Waals surface area contributed by atoms with Gasteiger partial charge in [0.1, 0.15) is 5.01 Å². The lowest BCUT2D eigenvalue weighted by atomic mass is 10.4. The van der Waals surface area contributed by atoms with Crippen molar-refractivity contribution < 1.29 is 0 Å². The van der Waals surface area contributed by atoms with Crippen molar-refractivity contribution in [3.05, 3.63) is 16.6 Å². The van der Waals surface area contributed by atoms with Gasteiger partial charge in [0.25, 0.3) is 0 Å². The Balaban J connectivity index is 1.74. The number of hydrogen-bond acceptors (Lipinski definition) is 4. The molecule has 11 heavy (non-hydrogen) atoms. The number of hydrogen-bond donors (Lipinski definition) is 1. The molecule has 0 spiro atoms. The highest BCUT2D eigenvalue weighted by molar-refractivity contribution is 8.00. The van der Waals surface area contributed by atoms with Gasteiger partial charge < -0.3 is 5.32 Å². The van der Waals surface area contributed by atoms with Crippen LogP contribution in [0.3, 0.4) is 0 Å².